The zero-order valence-corrected chi connectivity index (χ0v) is 17.2. The Labute approximate surface area is 173 Å². The molecule has 0 radical (unpaired) electrons. The van der Waals surface area contributed by atoms with E-state index in [1.54, 1.807) is 24.4 Å². The summed E-state index contributed by atoms with van der Waals surface area (Å²) >= 11 is 3.60. The van der Waals surface area contributed by atoms with Crippen LogP contribution in [-0.4, -0.2) is 33.2 Å². The second kappa shape index (κ2) is 7.73. The number of anilines is 1. The molecule has 27 heavy (non-hydrogen) atoms. The summed E-state index contributed by atoms with van der Waals surface area (Å²) in [7, 11) is 0. The van der Waals surface area contributed by atoms with Gasteiger partial charge in [0.1, 0.15) is 5.69 Å². The van der Waals surface area contributed by atoms with Crippen LogP contribution in [0, 0.1) is 3.57 Å². The first-order valence-corrected chi connectivity index (χ1v) is 10.3. The van der Waals surface area contributed by atoms with Crippen LogP contribution < -0.4 is 5.32 Å². The molecule has 0 fully saturated rings. The number of nitrogens with zero attached hydrogens (tertiary/aromatic N) is 3. The molecule has 1 aliphatic heterocycles. The van der Waals surface area contributed by atoms with E-state index in [2.05, 4.69) is 37.9 Å². The van der Waals surface area contributed by atoms with Gasteiger partial charge in [0, 0.05) is 27.6 Å². The topological polar surface area (TPSA) is 75.2 Å². The van der Waals surface area contributed by atoms with Crippen molar-refractivity contribution in [2.24, 2.45) is 0 Å². The quantitative estimate of drug-likeness (QED) is 0.570. The molecule has 1 N–H and O–H groups in total. The van der Waals surface area contributed by atoms with Gasteiger partial charge in [-0.1, -0.05) is 29.5 Å². The lowest BCUT2D eigenvalue weighted by molar-refractivity contribution is 0.0735. The first-order valence-electron chi connectivity index (χ1n) is 8.36. The lowest BCUT2D eigenvalue weighted by atomic mass is 10.1. The summed E-state index contributed by atoms with van der Waals surface area (Å²) in [6.07, 6.45) is 2.26. The number of pyridine rings is 1. The zero-order valence-electron chi connectivity index (χ0n) is 14.2. The maximum atomic E-state index is 12.8. The van der Waals surface area contributed by atoms with Crippen LogP contribution in [0.5, 0.6) is 0 Å². The molecule has 0 aliphatic carbocycles. The molecule has 6 nitrogen and oxygen atoms in total. The van der Waals surface area contributed by atoms with Crippen LogP contribution in [0.15, 0.2) is 48.7 Å². The standard InChI is InChI=1S/C19H15IN4O2S/c20-13-6-2-1-5-12(13)18(26)24-10-8-14-16(11-24)27-19(22-14)23-17(25)15-7-3-4-9-21-15/h1-7,9H,8,10-11H2,(H,22,23,25). The molecule has 0 atom stereocenters. The highest BCUT2D eigenvalue weighted by molar-refractivity contribution is 14.1. The maximum absolute atomic E-state index is 12.8. The Kier molecular flexibility index (Phi) is 5.17. The van der Waals surface area contributed by atoms with Gasteiger partial charge in [-0.2, -0.15) is 0 Å². The Morgan fingerprint density at radius 1 is 1.15 bits per heavy atom. The SMILES string of the molecule is O=C(Nc1nc2c(s1)CN(C(=O)c1ccccc1I)CC2)c1ccccn1. The molecule has 0 spiro atoms. The number of fused-ring (bicyclic) bond motifs is 1. The normalized spacial score (nSPS) is 13.1. The minimum atomic E-state index is -0.284. The molecule has 8 heteroatoms. The average Bonchev–Trinajstić information content (AvgIpc) is 3.10. The predicted octanol–water partition coefficient (Wildman–Crippen LogP) is 3.59. The summed E-state index contributed by atoms with van der Waals surface area (Å²) in [4.78, 5) is 36.5. The van der Waals surface area contributed by atoms with Crippen molar-refractivity contribution < 1.29 is 9.59 Å². The fourth-order valence-electron chi connectivity index (χ4n) is 2.89. The number of aromatic nitrogens is 2. The number of carbonyl (C=O) groups excluding carboxylic acids is 2. The fraction of sp³-hybridized carbons (Fsp3) is 0.158. The number of halogens is 1. The molecule has 2 amide bonds. The molecule has 0 saturated carbocycles. The van der Waals surface area contributed by atoms with Crippen LogP contribution >= 0.6 is 33.9 Å². The van der Waals surface area contributed by atoms with Gasteiger partial charge < -0.3 is 4.90 Å². The highest BCUT2D eigenvalue weighted by Gasteiger charge is 2.26. The van der Waals surface area contributed by atoms with Crippen molar-refractivity contribution >= 4 is 50.9 Å². The van der Waals surface area contributed by atoms with E-state index in [-0.39, 0.29) is 11.8 Å². The van der Waals surface area contributed by atoms with E-state index < -0.39 is 0 Å². The molecule has 3 heterocycles. The minimum Gasteiger partial charge on any atom is -0.333 e. The summed E-state index contributed by atoms with van der Waals surface area (Å²) in [6, 6.07) is 12.8. The highest BCUT2D eigenvalue weighted by Crippen LogP contribution is 2.29. The van der Waals surface area contributed by atoms with Gasteiger partial charge in [0.15, 0.2) is 5.13 Å². The first-order chi connectivity index (χ1) is 13.1. The summed E-state index contributed by atoms with van der Waals surface area (Å²) < 4.78 is 0.943. The molecule has 0 saturated heterocycles. The molecule has 4 rings (SSSR count). The van der Waals surface area contributed by atoms with Crippen LogP contribution in [0.4, 0.5) is 5.13 Å². The van der Waals surface area contributed by atoms with Crippen molar-refractivity contribution in [1.29, 1.82) is 0 Å². The Balaban J connectivity index is 1.49. The third kappa shape index (κ3) is 3.86. The lowest BCUT2D eigenvalue weighted by Crippen LogP contribution is -2.35. The average molecular weight is 490 g/mol. The number of benzene rings is 1. The summed E-state index contributed by atoms with van der Waals surface area (Å²) in [6.45, 7) is 1.13. The van der Waals surface area contributed by atoms with Gasteiger partial charge in [-0.25, -0.2) is 4.98 Å². The smallest absolute Gasteiger partial charge is 0.276 e. The second-order valence-electron chi connectivity index (χ2n) is 6.01. The molecule has 136 valence electrons. The van der Waals surface area contributed by atoms with E-state index in [1.807, 2.05) is 29.2 Å². The molecular formula is C19H15IN4O2S. The van der Waals surface area contributed by atoms with Crippen molar-refractivity contribution in [2.75, 3.05) is 11.9 Å². The lowest BCUT2D eigenvalue weighted by Gasteiger charge is -2.26. The molecule has 2 aromatic heterocycles. The Bertz CT molecular complexity index is 1010. The van der Waals surface area contributed by atoms with Gasteiger partial charge in [-0.3, -0.25) is 19.9 Å². The van der Waals surface area contributed by atoms with Crippen LogP contribution in [0.25, 0.3) is 0 Å². The van der Waals surface area contributed by atoms with Crippen molar-refractivity contribution in [3.05, 3.63) is 74.1 Å². The van der Waals surface area contributed by atoms with Crippen molar-refractivity contribution in [2.45, 2.75) is 13.0 Å². The fourth-order valence-corrected chi connectivity index (χ4v) is 4.52. The molecule has 1 aliphatic rings. The summed E-state index contributed by atoms with van der Waals surface area (Å²) in [5, 5.41) is 3.34. The van der Waals surface area contributed by atoms with Crippen LogP contribution in [0.1, 0.15) is 31.4 Å². The number of amides is 2. The van der Waals surface area contributed by atoms with E-state index in [4.69, 9.17) is 0 Å². The van der Waals surface area contributed by atoms with Crippen molar-refractivity contribution in [1.82, 2.24) is 14.9 Å². The van der Waals surface area contributed by atoms with Crippen LogP contribution in [-0.2, 0) is 13.0 Å². The zero-order chi connectivity index (χ0) is 18.8. The van der Waals surface area contributed by atoms with Crippen molar-refractivity contribution in [3.8, 4) is 0 Å². The van der Waals surface area contributed by atoms with Gasteiger partial charge in [0.2, 0.25) is 0 Å². The number of nitrogens with one attached hydrogen (secondary N) is 1. The molecule has 1 aromatic carbocycles. The van der Waals surface area contributed by atoms with E-state index in [1.165, 1.54) is 11.3 Å². The summed E-state index contributed by atoms with van der Waals surface area (Å²) in [5.74, 6) is -0.258. The monoisotopic (exact) mass is 490 g/mol. The molecular weight excluding hydrogens is 475 g/mol. The molecule has 3 aromatic rings. The largest absolute Gasteiger partial charge is 0.333 e. The third-order valence-electron chi connectivity index (χ3n) is 4.24. The Morgan fingerprint density at radius 2 is 1.96 bits per heavy atom. The van der Waals surface area contributed by atoms with Gasteiger partial charge in [0.05, 0.1) is 17.8 Å². The first kappa shape index (κ1) is 18.1. The van der Waals surface area contributed by atoms with Crippen LogP contribution in [0.2, 0.25) is 0 Å². The third-order valence-corrected chi connectivity index (χ3v) is 6.18. The number of carbonyl (C=O) groups is 2. The maximum Gasteiger partial charge on any atom is 0.276 e. The molecule has 0 unspecified atom stereocenters. The van der Waals surface area contributed by atoms with Crippen LogP contribution in [0.3, 0.4) is 0 Å². The minimum absolute atomic E-state index is 0.0260. The van der Waals surface area contributed by atoms with E-state index in [0.29, 0.717) is 30.3 Å². The number of rotatable bonds is 3. The molecule has 0 bridgehead atoms. The number of thiazole rings is 1. The highest BCUT2D eigenvalue weighted by atomic mass is 127. The van der Waals surface area contributed by atoms with Gasteiger partial charge >= 0.3 is 0 Å². The van der Waals surface area contributed by atoms with E-state index in [9.17, 15) is 9.59 Å². The van der Waals surface area contributed by atoms with Crippen molar-refractivity contribution in [3.63, 3.8) is 0 Å². The van der Waals surface area contributed by atoms with E-state index >= 15 is 0 Å². The van der Waals surface area contributed by atoms with E-state index in [0.717, 1.165) is 19.7 Å². The Hall–Kier alpha value is -2.33. The number of hydrogen-bond donors (Lipinski definition) is 1. The predicted molar refractivity (Wildman–Crippen MR) is 112 cm³/mol. The van der Waals surface area contributed by atoms with Gasteiger partial charge in [0.25, 0.3) is 11.8 Å². The second-order valence-corrected chi connectivity index (χ2v) is 8.26. The Morgan fingerprint density at radius 3 is 2.74 bits per heavy atom. The van der Waals surface area contributed by atoms with Gasteiger partial charge in [-0.15, -0.1) is 0 Å². The number of hydrogen-bond acceptors (Lipinski definition) is 5. The summed E-state index contributed by atoms with van der Waals surface area (Å²) in [5.41, 5.74) is 2.01. The van der Waals surface area contributed by atoms with Gasteiger partial charge in [-0.05, 0) is 46.9 Å².